The highest BCUT2D eigenvalue weighted by Crippen LogP contribution is 2.27. The SMILES string of the molecule is COc1ccc(S(=O)(=O)N(CC(=O)N/N=C\c2ccc(N(C)C)c(Br)c2)c2cccc(Cl)c2)cc1. The summed E-state index contributed by atoms with van der Waals surface area (Å²) >= 11 is 9.59. The van der Waals surface area contributed by atoms with E-state index in [1.807, 2.05) is 37.2 Å². The van der Waals surface area contributed by atoms with Crippen LogP contribution in [0.15, 0.2) is 81.2 Å². The van der Waals surface area contributed by atoms with Gasteiger partial charge in [0.25, 0.3) is 15.9 Å². The normalized spacial score (nSPS) is 11.3. The van der Waals surface area contributed by atoms with Gasteiger partial charge in [0.2, 0.25) is 0 Å². The Morgan fingerprint density at radius 3 is 2.43 bits per heavy atom. The molecule has 0 aliphatic carbocycles. The maximum absolute atomic E-state index is 13.4. The molecule has 0 saturated heterocycles. The maximum atomic E-state index is 13.4. The standard InChI is InChI=1S/C24H24BrClN4O4S/c1-29(2)23-12-7-17(13-22(23)25)15-27-28-24(31)16-30(19-6-4-5-18(26)14-19)35(32,33)21-10-8-20(34-3)9-11-21/h4-15H,16H2,1-3H3,(H,28,31)/b27-15-. The number of carbonyl (C=O) groups excluding carboxylic acids is 1. The molecule has 0 bridgehead atoms. The van der Waals surface area contributed by atoms with Crippen LogP contribution in [-0.2, 0) is 14.8 Å². The van der Waals surface area contributed by atoms with E-state index < -0.39 is 22.5 Å². The molecule has 0 fully saturated rings. The van der Waals surface area contributed by atoms with E-state index in [2.05, 4.69) is 26.5 Å². The Morgan fingerprint density at radius 1 is 1.11 bits per heavy atom. The molecule has 0 spiro atoms. The van der Waals surface area contributed by atoms with Gasteiger partial charge in [-0.2, -0.15) is 5.10 Å². The first-order valence-corrected chi connectivity index (χ1v) is 12.9. The van der Waals surface area contributed by atoms with Gasteiger partial charge in [-0.1, -0.05) is 23.7 Å². The van der Waals surface area contributed by atoms with Crippen molar-refractivity contribution in [3.8, 4) is 5.75 Å². The van der Waals surface area contributed by atoms with E-state index in [0.717, 1.165) is 20.0 Å². The van der Waals surface area contributed by atoms with Crippen LogP contribution in [0.5, 0.6) is 5.75 Å². The highest BCUT2D eigenvalue weighted by Gasteiger charge is 2.27. The van der Waals surface area contributed by atoms with Crippen LogP contribution in [0.2, 0.25) is 5.02 Å². The monoisotopic (exact) mass is 578 g/mol. The first-order chi connectivity index (χ1) is 16.6. The summed E-state index contributed by atoms with van der Waals surface area (Å²) in [6.45, 7) is -0.505. The van der Waals surface area contributed by atoms with Crippen LogP contribution in [0.1, 0.15) is 5.56 Å². The first kappa shape index (κ1) is 26.5. The second-order valence-electron chi connectivity index (χ2n) is 7.57. The van der Waals surface area contributed by atoms with Crippen molar-refractivity contribution in [1.82, 2.24) is 5.43 Å². The number of anilines is 2. The fraction of sp³-hybridized carbons (Fsp3) is 0.167. The second kappa shape index (κ2) is 11.6. The zero-order valence-electron chi connectivity index (χ0n) is 19.3. The van der Waals surface area contributed by atoms with Gasteiger partial charge < -0.3 is 9.64 Å². The molecule has 0 radical (unpaired) electrons. The summed E-state index contributed by atoms with van der Waals surface area (Å²) in [4.78, 5) is 14.6. The molecular formula is C24H24BrClN4O4S. The van der Waals surface area contributed by atoms with Gasteiger partial charge in [0, 0.05) is 23.6 Å². The average Bonchev–Trinajstić information content (AvgIpc) is 2.82. The lowest BCUT2D eigenvalue weighted by Crippen LogP contribution is -2.39. The van der Waals surface area contributed by atoms with E-state index in [1.54, 1.807) is 18.2 Å². The number of rotatable bonds is 9. The van der Waals surface area contributed by atoms with Crippen molar-refractivity contribution in [2.45, 2.75) is 4.90 Å². The summed E-state index contributed by atoms with van der Waals surface area (Å²) in [6.07, 6.45) is 1.48. The Balaban J connectivity index is 1.81. The zero-order valence-corrected chi connectivity index (χ0v) is 22.4. The van der Waals surface area contributed by atoms with Gasteiger partial charge in [0.1, 0.15) is 12.3 Å². The van der Waals surface area contributed by atoms with E-state index in [0.29, 0.717) is 10.8 Å². The van der Waals surface area contributed by atoms with Crippen molar-refractivity contribution < 1.29 is 17.9 Å². The van der Waals surface area contributed by atoms with E-state index in [1.165, 1.54) is 43.7 Å². The highest BCUT2D eigenvalue weighted by atomic mass is 79.9. The van der Waals surface area contributed by atoms with Gasteiger partial charge in [-0.25, -0.2) is 13.8 Å². The molecule has 0 saturated carbocycles. The third-order valence-corrected chi connectivity index (χ3v) is 7.55. The number of hydrazone groups is 1. The second-order valence-corrected chi connectivity index (χ2v) is 10.7. The summed E-state index contributed by atoms with van der Waals surface area (Å²) < 4.78 is 33.8. The van der Waals surface area contributed by atoms with Crippen LogP contribution in [0.3, 0.4) is 0 Å². The number of nitrogens with zero attached hydrogens (tertiary/aromatic N) is 3. The van der Waals surface area contributed by atoms with E-state index in [4.69, 9.17) is 16.3 Å². The number of halogens is 2. The van der Waals surface area contributed by atoms with Crippen molar-refractivity contribution >= 4 is 61.1 Å². The highest BCUT2D eigenvalue weighted by molar-refractivity contribution is 9.10. The van der Waals surface area contributed by atoms with E-state index in [-0.39, 0.29) is 10.6 Å². The van der Waals surface area contributed by atoms with Crippen LogP contribution in [0, 0.1) is 0 Å². The Labute approximate surface area is 218 Å². The van der Waals surface area contributed by atoms with Crippen molar-refractivity contribution in [3.05, 3.63) is 81.8 Å². The van der Waals surface area contributed by atoms with Gasteiger partial charge in [-0.3, -0.25) is 9.10 Å². The molecule has 0 aliphatic heterocycles. The van der Waals surface area contributed by atoms with E-state index in [9.17, 15) is 13.2 Å². The molecule has 35 heavy (non-hydrogen) atoms. The van der Waals surface area contributed by atoms with Crippen LogP contribution < -0.4 is 19.4 Å². The van der Waals surface area contributed by atoms with Gasteiger partial charge >= 0.3 is 0 Å². The summed E-state index contributed by atoms with van der Waals surface area (Å²) in [5.74, 6) is -0.113. The number of carbonyl (C=O) groups is 1. The number of sulfonamides is 1. The Kier molecular flexibility index (Phi) is 8.76. The molecule has 0 atom stereocenters. The number of amides is 1. The molecule has 0 heterocycles. The molecule has 3 aromatic carbocycles. The summed E-state index contributed by atoms with van der Waals surface area (Å²) in [6, 6.07) is 17.8. The number of nitrogens with one attached hydrogen (secondary N) is 1. The van der Waals surface area contributed by atoms with Crippen molar-refractivity contribution in [1.29, 1.82) is 0 Å². The minimum atomic E-state index is -4.09. The maximum Gasteiger partial charge on any atom is 0.264 e. The lowest BCUT2D eigenvalue weighted by molar-refractivity contribution is -0.119. The summed E-state index contributed by atoms with van der Waals surface area (Å²) in [7, 11) is 1.26. The molecule has 1 amide bonds. The number of methoxy groups -OCH3 is 1. The Hall–Kier alpha value is -3.08. The molecule has 0 unspecified atom stereocenters. The minimum Gasteiger partial charge on any atom is -0.497 e. The predicted molar refractivity (Wildman–Crippen MR) is 143 cm³/mol. The van der Waals surface area contributed by atoms with Crippen molar-refractivity contribution in [2.75, 3.05) is 37.0 Å². The van der Waals surface area contributed by atoms with Crippen molar-refractivity contribution in [2.24, 2.45) is 5.10 Å². The smallest absolute Gasteiger partial charge is 0.264 e. The summed E-state index contributed by atoms with van der Waals surface area (Å²) in [5.41, 5.74) is 4.38. The Morgan fingerprint density at radius 2 is 1.83 bits per heavy atom. The van der Waals surface area contributed by atoms with Crippen molar-refractivity contribution in [3.63, 3.8) is 0 Å². The fourth-order valence-electron chi connectivity index (χ4n) is 3.13. The van der Waals surface area contributed by atoms with Crippen LogP contribution in [0.25, 0.3) is 0 Å². The van der Waals surface area contributed by atoms with Crippen LogP contribution in [-0.4, -0.2) is 48.3 Å². The molecular weight excluding hydrogens is 556 g/mol. The van der Waals surface area contributed by atoms with Gasteiger partial charge in [0.15, 0.2) is 0 Å². The van der Waals surface area contributed by atoms with Gasteiger partial charge in [-0.15, -0.1) is 0 Å². The summed E-state index contributed by atoms with van der Waals surface area (Å²) in [5, 5.41) is 4.31. The average molecular weight is 580 g/mol. The van der Waals surface area contributed by atoms with Gasteiger partial charge in [0.05, 0.1) is 29.6 Å². The first-order valence-electron chi connectivity index (χ1n) is 10.3. The topological polar surface area (TPSA) is 91.3 Å². The molecule has 11 heteroatoms. The molecule has 0 aromatic heterocycles. The van der Waals surface area contributed by atoms with E-state index >= 15 is 0 Å². The number of ether oxygens (including phenoxy) is 1. The molecule has 3 rings (SSSR count). The number of hydrogen-bond donors (Lipinski definition) is 1. The van der Waals surface area contributed by atoms with Crippen LogP contribution >= 0.6 is 27.5 Å². The predicted octanol–water partition coefficient (Wildman–Crippen LogP) is 4.52. The van der Waals surface area contributed by atoms with Crippen LogP contribution in [0.4, 0.5) is 11.4 Å². The molecule has 0 aliphatic rings. The lowest BCUT2D eigenvalue weighted by Gasteiger charge is -2.24. The fourth-order valence-corrected chi connectivity index (χ4v) is 5.48. The lowest BCUT2D eigenvalue weighted by atomic mass is 10.2. The number of benzene rings is 3. The molecule has 8 nitrogen and oxygen atoms in total. The quantitative estimate of drug-likeness (QED) is 0.297. The number of hydrogen-bond acceptors (Lipinski definition) is 6. The molecule has 3 aromatic rings. The largest absolute Gasteiger partial charge is 0.497 e. The zero-order chi connectivity index (χ0) is 25.6. The minimum absolute atomic E-state index is 0.000379. The Bertz CT molecular complexity index is 1330. The third kappa shape index (κ3) is 6.74. The third-order valence-electron chi connectivity index (χ3n) is 4.89. The van der Waals surface area contributed by atoms with Gasteiger partial charge in [-0.05, 0) is 76.1 Å². The molecule has 1 N–H and O–H groups in total. The molecule has 184 valence electrons.